The largest absolute Gasteiger partial charge is 0.497 e. The lowest BCUT2D eigenvalue weighted by atomic mass is 10.0. The maximum absolute atomic E-state index is 12.8. The Morgan fingerprint density at radius 1 is 1.08 bits per heavy atom. The van der Waals surface area contributed by atoms with Crippen molar-refractivity contribution in [3.63, 3.8) is 0 Å². The minimum Gasteiger partial charge on any atom is -0.497 e. The number of hydrogen-bond acceptors (Lipinski definition) is 4. The summed E-state index contributed by atoms with van der Waals surface area (Å²) in [5.74, 6) is -0.00718. The van der Waals surface area contributed by atoms with Gasteiger partial charge in [0.25, 0.3) is 5.91 Å². The molecule has 2 rings (SSSR count). The van der Waals surface area contributed by atoms with E-state index in [1.165, 1.54) is 11.8 Å². The molecule has 0 radical (unpaired) electrons. The summed E-state index contributed by atoms with van der Waals surface area (Å²) in [6, 6.07) is 15.1. The summed E-state index contributed by atoms with van der Waals surface area (Å²) >= 11 is 1.48. The number of rotatable bonds is 6. The van der Waals surface area contributed by atoms with E-state index in [0.29, 0.717) is 11.3 Å². The smallest absolute Gasteiger partial charge is 0.253 e. The fourth-order valence-electron chi connectivity index (χ4n) is 2.24. The highest BCUT2D eigenvalue weighted by molar-refractivity contribution is 7.99. The summed E-state index contributed by atoms with van der Waals surface area (Å²) in [5.41, 5.74) is -0.561. The highest BCUT2D eigenvalue weighted by Gasteiger charge is 2.29. The summed E-state index contributed by atoms with van der Waals surface area (Å²) < 4.78 is 5.24. The Morgan fingerprint density at radius 2 is 1.76 bits per heavy atom. The van der Waals surface area contributed by atoms with E-state index in [1.807, 2.05) is 42.5 Å². The Kier molecular flexibility index (Phi) is 6.09. The highest BCUT2D eigenvalue weighted by Crippen LogP contribution is 2.32. The zero-order valence-electron chi connectivity index (χ0n) is 14.8. The van der Waals surface area contributed by atoms with Crippen molar-refractivity contribution in [1.82, 2.24) is 10.6 Å². The van der Waals surface area contributed by atoms with Crippen LogP contribution in [0.15, 0.2) is 58.3 Å². The van der Waals surface area contributed by atoms with E-state index < -0.39 is 5.54 Å². The monoisotopic (exact) mass is 358 g/mol. The summed E-state index contributed by atoms with van der Waals surface area (Å²) in [6.07, 6.45) is 0. The van der Waals surface area contributed by atoms with Crippen molar-refractivity contribution in [3.05, 3.63) is 54.1 Å². The van der Waals surface area contributed by atoms with E-state index >= 15 is 0 Å². The lowest BCUT2D eigenvalue weighted by Crippen LogP contribution is -2.54. The molecule has 0 atom stereocenters. The number of ether oxygens (including phenoxy) is 1. The van der Waals surface area contributed by atoms with Gasteiger partial charge in [-0.3, -0.25) is 9.59 Å². The Morgan fingerprint density at radius 3 is 2.36 bits per heavy atom. The Bertz CT molecular complexity index is 761. The average Bonchev–Trinajstić information content (AvgIpc) is 2.61. The van der Waals surface area contributed by atoms with Crippen LogP contribution in [-0.4, -0.2) is 31.5 Å². The van der Waals surface area contributed by atoms with Gasteiger partial charge in [-0.2, -0.15) is 0 Å². The number of carbonyl (C=O) groups excluding carboxylic acids is 2. The zero-order valence-corrected chi connectivity index (χ0v) is 15.6. The number of amides is 2. The molecule has 2 amide bonds. The third-order valence-corrected chi connectivity index (χ3v) is 4.71. The van der Waals surface area contributed by atoms with Crippen LogP contribution in [0.3, 0.4) is 0 Å². The summed E-state index contributed by atoms with van der Waals surface area (Å²) in [4.78, 5) is 26.6. The third-order valence-electron chi connectivity index (χ3n) is 3.62. The number of nitrogens with one attached hydrogen (secondary N) is 2. The van der Waals surface area contributed by atoms with Crippen LogP contribution in [0.25, 0.3) is 0 Å². The number of likely N-dealkylation sites (N-methyl/N-ethyl adjacent to an activating group) is 1. The first-order chi connectivity index (χ1) is 11.9. The van der Waals surface area contributed by atoms with E-state index in [9.17, 15) is 9.59 Å². The SMILES string of the molecule is CNC(=O)C(C)(C)NC(=O)c1cc(OC)ccc1Sc1ccccc1. The molecule has 0 saturated carbocycles. The normalized spacial score (nSPS) is 10.9. The van der Waals surface area contributed by atoms with Crippen LogP contribution in [0, 0.1) is 0 Å². The van der Waals surface area contributed by atoms with E-state index in [-0.39, 0.29) is 11.8 Å². The second kappa shape index (κ2) is 8.07. The summed E-state index contributed by atoms with van der Waals surface area (Å²) in [6.45, 7) is 3.32. The molecule has 0 unspecified atom stereocenters. The molecule has 0 saturated heterocycles. The lowest BCUT2D eigenvalue weighted by molar-refractivity contribution is -0.125. The Labute approximate surface area is 152 Å². The molecule has 0 spiro atoms. The molecule has 6 heteroatoms. The van der Waals surface area contributed by atoms with Gasteiger partial charge in [0.1, 0.15) is 11.3 Å². The quantitative estimate of drug-likeness (QED) is 0.833. The van der Waals surface area contributed by atoms with E-state index in [2.05, 4.69) is 10.6 Å². The van der Waals surface area contributed by atoms with Crippen molar-refractivity contribution in [3.8, 4) is 5.75 Å². The van der Waals surface area contributed by atoms with Gasteiger partial charge >= 0.3 is 0 Å². The molecule has 0 bridgehead atoms. The van der Waals surface area contributed by atoms with Crippen molar-refractivity contribution in [2.45, 2.75) is 29.2 Å². The van der Waals surface area contributed by atoms with Crippen molar-refractivity contribution >= 4 is 23.6 Å². The number of carbonyl (C=O) groups is 2. The standard InChI is InChI=1S/C19H22N2O3S/c1-19(2,18(23)20-3)21-17(22)15-12-13(24-4)10-11-16(15)25-14-8-6-5-7-9-14/h5-12H,1-4H3,(H,20,23)(H,21,22). The van der Waals surface area contributed by atoms with Crippen LogP contribution in [0.5, 0.6) is 5.75 Å². The zero-order chi connectivity index (χ0) is 18.4. The molecule has 0 aliphatic carbocycles. The number of methoxy groups -OCH3 is 1. The third kappa shape index (κ3) is 4.76. The van der Waals surface area contributed by atoms with Crippen molar-refractivity contribution in [1.29, 1.82) is 0 Å². The van der Waals surface area contributed by atoms with Gasteiger partial charge < -0.3 is 15.4 Å². The molecule has 2 N–H and O–H groups in total. The topological polar surface area (TPSA) is 67.4 Å². The average molecular weight is 358 g/mol. The van der Waals surface area contributed by atoms with Gasteiger partial charge in [-0.25, -0.2) is 0 Å². The van der Waals surface area contributed by atoms with Crippen LogP contribution in [0.1, 0.15) is 24.2 Å². The van der Waals surface area contributed by atoms with Gasteiger partial charge in [0.2, 0.25) is 5.91 Å². The minimum absolute atomic E-state index is 0.263. The van der Waals surface area contributed by atoms with Crippen LogP contribution in [0.4, 0.5) is 0 Å². The molecule has 2 aromatic rings. The van der Waals surface area contributed by atoms with Crippen LogP contribution < -0.4 is 15.4 Å². The number of benzene rings is 2. The molecular formula is C19H22N2O3S. The molecule has 0 aromatic heterocycles. The van der Waals surface area contributed by atoms with Crippen molar-refractivity contribution < 1.29 is 14.3 Å². The van der Waals surface area contributed by atoms with Gasteiger partial charge in [0.05, 0.1) is 12.7 Å². The second-order valence-electron chi connectivity index (χ2n) is 5.94. The van der Waals surface area contributed by atoms with Crippen molar-refractivity contribution in [2.24, 2.45) is 0 Å². The van der Waals surface area contributed by atoms with E-state index in [4.69, 9.17) is 4.74 Å². The number of hydrogen-bond donors (Lipinski definition) is 2. The predicted octanol–water partition coefficient (Wildman–Crippen LogP) is 3.10. The summed E-state index contributed by atoms with van der Waals surface area (Å²) in [7, 11) is 3.09. The van der Waals surface area contributed by atoms with Gasteiger partial charge in [0.15, 0.2) is 0 Å². The van der Waals surface area contributed by atoms with E-state index in [1.54, 1.807) is 34.1 Å². The van der Waals surface area contributed by atoms with Gasteiger partial charge in [-0.1, -0.05) is 30.0 Å². The van der Waals surface area contributed by atoms with Gasteiger partial charge in [0, 0.05) is 16.8 Å². The van der Waals surface area contributed by atoms with Gasteiger partial charge in [-0.05, 0) is 44.2 Å². The highest BCUT2D eigenvalue weighted by atomic mass is 32.2. The molecule has 0 aliphatic heterocycles. The predicted molar refractivity (Wildman–Crippen MR) is 99.2 cm³/mol. The fourth-order valence-corrected chi connectivity index (χ4v) is 3.18. The molecule has 5 nitrogen and oxygen atoms in total. The molecule has 2 aromatic carbocycles. The first-order valence-electron chi connectivity index (χ1n) is 7.83. The molecule has 0 heterocycles. The first kappa shape index (κ1) is 18.9. The molecule has 0 aliphatic rings. The lowest BCUT2D eigenvalue weighted by Gasteiger charge is -2.24. The Hall–Kier alpha value is -2.47. The van der Waals surface area contributed by atoms with Crippen molar-refractivity contribution in [2.75, 3.05) is 14.2 Å². The Balaban J connectivity index is 2.34. The van der Waals surface area contributed by atoms with E-state index in [0.717, 1.165) is 9.79 Å². The summed E-state index contributed by atoms with van der Waals surface area (Å²) in [5, 5.41) is 5.34. The van der Waals surface area contributed by atoms with Gasteiger partial charge in [-0.15, -0.1) is 0 Å². The van der Waals surface area contributed by atoms with Crippen LogP contribution in [0.2, 0.25) is 0 Å². The molecular weight excluding hydrogens is 336 g/mol. The second-order valence-corrected chi connectivity index (χ2v) is 7.05. The van der Waals surface area contributed by atoms with Crippen LogP contribution >= 0.6 is 11.8 Å². The molecule has 132 valence electrons. The van der Waals surface area contributed by atoms with Crippen LogP contribution in [-0.2, 0) is 4.79 Å². The maximum Gasteiger partial charge on any atom is 0.253 e. The molecule has 0 fully saturated rings. The fraction of sp³-hybridized carbons (Fsp3) is 0.263. The minimum atomic E-state index is -1.02. The first-order valence-corrected chi connectivity index (χ1v) is 8.64. The maximum atomic E-state index is 12.8. The molecule has 25 heavy (non-hydrogen) atoms.